The molecule has 2 aromatic rings. The summed E-state index contributed by atoms with van der Waals surface area (Å²) in [4.78, 5) is 17.5. The third-order valence-corrected chi connectivity index (χ3v) is 5.14. The Morgan fingerprint density at radius 3 is 2.92 bits per heavy atom. The van der Waals surface area contributed by atoms with Crippen molar-refractivity contribution >= 4 is 54.2 Å². The van der Waals surface area contributed by atoms with E-state index in [1.54, 1.807) is 17.8 Å². The minimum absolute atomic E-state index is 0. The molecule has 25 heavy (non-hydrogen) atoms. The van der Waals surface area contributed by atoms with E-state index in [0.717, 1.165) is 47.2 Å². The Morgan fingerprint density at radius 2 is 2.12 bits per heavy atom. The SMILES string of the molecule is Cl.Cl.O=C(C=CC1=Cc2cnc3cccc(n23)S1)NC1CCNCC1. The van der Waals surface area contributed by atoms with Gasteiger partial charge in [-0.15, -0.1) is 24.8 Å². The monoisotopic (exact) mass is 398 g/mol. The van der Waals surface area contributed by atoms with Gasteiger partial charge in [0.15, 0.2) is 0 Å². The molecule has 0 atom stereocenters. The van der Waals surface area contributed by atoms with Crippen molar-refractivity contribution in [1.82, 2.24) is 20.0 Å². The fraction of sp³-hybridized carbons (Fsp3) is 0.294. The summed E-state index contributed by atoms with van der Waals surface area (Å²) in [5.74, 6) is -0.0179. The lowest BCUT2D eigenvalue weighted by Crippen LogP contribution is -2.42. The number of rotatable bonds is 3. The van der Waals surface area contributed by atoms with Gasteiger partial charge in [-0.2, -0.15) is 0 Å². The number of amides is 1. The van der Waals surface area contributed by atoms with E-state index in [1.165, 1.54) is 0 Å². The zero-order valence-corrected chi connectivity index (χ0v) is 15.9. The Morgan fingerprint density at radius 1 is 1.32 bits per heavy atom. The summed E-state index contributed by atoms with van der Waals surface area (Å²) in [6.07, 6.45) is 9.44. The predicted octanol–water partition coefficient (Wildman–Crippen LogP) is 3.05. The molecule has 134 valence electrons. The number of imidazole rings is 1. The van der Waals surface area contributed by atoms with E-state index in [-0.39, 0.29) is 36.8 Å². The number of hydrogen-bond acceptors (Lipinski definition) is 4. The van der Waals surface area contributed by atoms with Crippen molar-refractivity contribution in [3.8, 4) is 0 Å². The fourth-order valence-corrected chi connectivity index (χ4v) is 3.96. The van der Waals surface area contributed by atoms with Crippen LogP contribution < -0.4 is 10.6 Å². The van der Waals surface area contributed by atoms with Gasteiger partial charge in [0.25, 0.3) is 0 Å². The van der Waals surface area contributed by atoms with Crippen LogP contribution in [0.3, 0.4) is 0 Å². The van der Waals surface area contributed by atoms with Crippen molar-refractivity contribution in [2.24, 2.45) is 0 Å². The number of halogens is 2. The van der Waals surface area contributed by atoms with Gasteiger partial charge in [0.1, 0.15) is 5.65 Å². The first-order chi connectivity index (χ1) is 11.3. The summed E-state index contributed by atoms with van der Waals surface area (Å²) in [7, 11) is 0. The normalized spacial score (nSPS) is 16.9. The van der Waals surface area contributed by atoms with Gasteiger partial charge in [-0.3, -0.25) is 9.20 Å². The number of carbonyl (C=O) groups excluding carboxylic acids is 1. The van der Waals surface area contributed by atoms with Gasteiger partial charge in [0, 0.05) is 17.0 Å². The summed E-state index contributed by atoms with van der Waals surface area (Å²) < 4.78 is 2.12. The van der Waals surface area contributed by atoms with Gasteiger partial charge in [0.05, 0.1) is 16.9 Å². The van der Waals surface area contributed by atoms with Gasteiger partial charge in [-0.25, -0.2) is 4.98 Å². The number of pyridine rings is 1. The first kappa shape index (κ1) is 19.8. The van der Waals surface area contributed by atoms with Gasteiger partial charge >= 0.3 is 0 Å². The second-order valence-electron chi connectivity index (χ2n) is 5.76. The molecule has 4 rings (SSSR count). The van der Waals surface area contributed by atoms with Gasteiger partial charge in [0.2, 0.25) is 5.91 Å². The topological polar surface area (TPSA) is 58.4 Å². The Balaban J connectivity index is 0.00000113. The Labute approximate surface area is 163 Å². The maximum Gasteiger partial charge on any atom is 0.244 e. The van der Waals surface area contributed by atoms with Crippen LogP contribution in [0.5, 0.6) is 0 Å². The van der Waals surface area contributed by atoms with Crippen LogP contribution in [0.15, 0.2) is 46.5 Å². The Kier molecular flexibility index (Phi) is 6.95. The molecular weight excluding hydrogens is 379 g/mol. The van der Waals surface area contributed by atoms with E-state index in [2.05, 4.69) is 32.2 Å². The maximum atomic E-state index is 12.1. The molecule has 4 heterocycles. The van der Waals surface area contributed by atoms with Crippen molar-refractivity contribution in [3.05, 3.63) is 47.1 Å². The van der Waals surface area contributed by atoms with E-state index in [9.17, 15) is 4.79 Å². The molecule has 0 aliphatic carbocycles. The molecule has 0 saturated carbocycles. The number of nitrogens with zero attached hydrogens (tertiary/aromatic N) is 2. The Hall–Kier alpha value is -1.47. The lowest BCUT2D eigenvalue weighted by Gasteiger charge is -2.23. The summed E-state index contributed by atoms with van der Waals surface area (Å²) >= 11 is 1.65. The molecule has 0 bridgehead atoms. The summed E-state index contributed by atoms with van der Waals surface area (Å²) in [5, 5.41) is 7.49. The molecule has 0 aromatic carbocycles. The molecule has 8 heteroatoms. The second-order valence-corrected chi connectivity index (χ2v) is 6.85. The summed E-state index contributed by atoms with van der Waals surface area (Å²) in [6.45, 7) is 1.95. The zero-order valence-electron chi connectivity index (χ0n) is 13.5. The lowest BCUT2D eigenvalue weighted by molar-refractivity contribution is -0.117. The van der Waals surface area contributed by atoms with Gasteiger partial charge in [-0.05, 0) is 50.2 Å². The quantitative estimate of drug-likeness (QED) is 0.779. The third-order valence-electron chi connectivity index (χ3n) is 4.12. The average molecular weight is 399 g/mol. The average Bonchev–Trinajstić information content (AvgIpc) is 2.99. The minimum atomic E-state index is -0.0179. The van der Waals surface area contributed by atoms with Crippen LogP contribution in [0.25, 0.3) is 11.7 Å². The molecule has 2 N–H and O–H groups in total. The number of allylic oxidation sites excluding steroid dienone is 1. The molecule has 1 saturated heterocycles. The molecule has 0 unspecified atom stereocenters. The van der Waals surface area contributed by atoms with Crippen LogP contribution in [0.4, 0.5) is 0 Å². The van der Waals surface area contributed by atoms with Crippen LogP contribution in [0, 0.1) is 0 Å². The molecule has 0 spiro atoms. The van der Waals surface area contributed by atoms with Crippen molar-refractivity contribution in [2.45, 2.75) is 23.9 Å². The van der Waals surface area contributed by atoms with E-state index in [0.29, 0.717) is 0 Å². The highest BCUT2D eigenvalue weighted by atomic mass is 35.5. The molecule has 1 amide bonds. The van der Waals surface area contributed by atoms with E-state index < -0.39 is 0 Å². The number of thioether (sulfide) groups is 1. The first-order valence-corrected chi connectivity index (χ1v) is 8.66. The second kappa shape index (κ2) is 8.76. The molecule has 0 radical (unpaired) electrons. The molecule has 2 aliphatic rings. The van der Waals surface area contributed by atoms with Crippen LogP contribution in [-0.2, 0) is 4.79 Å². The highest BCUT2D eigenvalue weighted by Crippen LogP contribution is 2.34. The lowest BCUT2D eigenvalue weighted by atomic mass is 10.1. The maximum absolute atomic E-state index is 12.1. The predicted molar refractivity (Wildman–Crippen MR) is 107 cm³/mol. The number of piperidine rings is 1. The number of aromatic nitrogens is 2. The third kappa shape index (κ3) is 4.39. The van der Waals surface area contributed by atoms with Crippen molar-refractivity contribution in [1.29, 1.82) is 0 Å². The Bertz CT molecular complexity index is 812. The van der Waals surface area contributed by atoms with Gasteiger partial charge < -0.3 is 10.6 Å². The van der Waals surface area contributed by atoms with Crippen LogP contribution in [0.1, 0.15) is 18.5 Å². The molecular formula is C17H20Cl2N4OS. The molecule has 2 aliphatic heterocycles. The fourth-order valence-electron chi connectivity index (χ4n) is 2.96. The highest BCUT2D eigenvalue weighted by molar-refractivity contribution is 8.03. The molecule has 1 fully saturated rings. The van der Waals surface area contributed by atoms with Crippen LogP contribution in [0.2, 0.25) is 0 Å². The van der Waals surface area contributed by atoms with Crippen LogP contribution in [-0.4, -0.2) is 34.4 Å². The smallest absolute Gasteiger partial charge is 0.244 e. The van der Waals surface area contributed by atoms with Crippen molar-refractivity contribution in [3.63, 3.8) is 0 Å². The molecule has 2 aromatic heterocycles. The van der Waals surface area contributed by atoms with Crippen molar-refractivity contribution in [2.75, 3.05) is 13.1 Å². The minimum Gasteiger partial charge on any atom is -0.350 e. The van der Waals surface area contributed by atoms with Crippen LogP contribution >= 0.6 is 36.6 Å². The summed E-state index contributed by atoms with van der Waals surface area (Å²) in [6, 6.07) is 6.36. The summed E-state index contributed by atoms with van der Waals surface area (Å²) in [5.41, 5.74) is 2.00. The molecule has 5 nitrogen and oxygen atoms in total. The standard InChI is InChI=1S/C17H18N4OS.2ClH/c22-16(20-12-6-8-18-9-7-12)5-4-14-10-13-11-19-15-2-1-3-17(23-14)21(13)15;;/h1-5,10-12,18H,6-9H2,(H,20,22);2*1H. The first-order valence-electron chi connectivity index (χ1n) is 7.85. The van der Waals surface area contributed by atoms with Crippen molar-refractivity contribution < 1.29 is 4.79 Å². The number of hydrogen-bond donors (Lipinski definition) is 2. The highest BCUT2D eigenvalue weighted by Gasteiger charge is 2.15. The van der Waals surface area contributed by atoms with E-state index in [4.69, 9.17) is 0 Å². The van der Waals surface area contributed by atoms with E-state index >= 15 is 0 Å². The number of carbonyl (C=O) groups is 1. The van der Waals surface area contributed by atoms with Gasteiger partial charge in [-0.1, -0.05) is 17.8 Å². The zero-order chi connectivity index (χ0) is 15.6. The number of nitrogens with one attached hydrogen (secondary N) is 2. The largest absolute Gasteiger partial charge is 0.350 e. The van der Waals surface area contributed by atoms with E-state index in [1.807, 2.05) is 24.4 Å².